The number of benzene rings is 1. The lowest BCUT2D eigenvalue weighted by atomic mass is 9.94. The van der Waals surface area contributed by atoms with Gasteiger partial charge in [-0.25, -0.2) is 0 Å². The van der Waals surface area contributed by atoms with E-state index in [0.29, 0.717) is 25.8 Å². The molecule has 2 aromatic rings. The van der Waals surface area contributed by atoms with Gasteiger partial charge in [-0.05, 0) is 51.3 Å². The van der Waals surface area contributed by atoms with Crippen LogP contribution in [-0.2, 0) is 11.3 Å². The van der Waals surface area contributed by atoms with E-state index in [0.717, 1.165) is 22.3 Å². The minimum Gasteiger partial charge on any atom is -0.352 e. The summed E-state index contributed by atoms with van der Waals surface area (Å²) in [5.41, 5.74) is 4.00. The molecule has 5 heteroatoms. The maximum atomic E-state index is 12.5. The van der Waals surface area contributed by atoms with Crippen molar-refractivity contribution >= 4 is 11.7 Å². The molecule has 1 atom stereocenters. The highest BCUT2D eigenvalue weighted by Gasteiger charge is 2.14. The van der Waals surface area contributed by atoms with Crippen molar-refractivity contribution in [3.05, 3.63) is 52.8 Å². The van der Waals surface area contributed by atoms with Crippen molar-refractivity contribution in [3.63, 3.8) is 0 Å². The van der Waals surface area contributed by atoms with E-state index < -0.39 is 0 Å². The van der Waals surface area contributed by atoms with Crippen LogP contribution in [0.3, 0.4) is 0 Å². The molecule has 0 radical (unpaired) electrons. The molecule has 1 N–H and O–H groups in total. The number of carbonyl (C=O) groups excluding carboxylic acids is 2. The zero-order valence-electron chi connectivity index (χ0n) is 15.5. The van der Waals surface area contributed by atoms with E-state index in [1.807, 2.05) is 52.1 Å². The number of hydrogen-bond acceptors (Lipinski definition) is 3. The number of nitrogens with one attached hydrogen (secondary N) is 1. The Labute approximate surface area is 149 Å². The van der Waals surface area contributed by atoms with E-state index in [-0.39, 0.29) is 17.7 Å². The lowest BCUT2D eigenvalue weighted by Crippen LogP contribution is -2.35. The molecule has 0 aliphatic heterocycles. The largest absolute Gasteiger partial charge is 0.352 e. The minimum atomic E-state index is -0.0233. The molecule has 0 spiro atoms. The first-order chi connectivity index (χ1) is 11.9. The minimum absolute atomic E-state index is 0.00434. The summed E-state index contributed by atoms with van der Waals surface area (Å²) in [4.78, 5) is 24.5. The van der Waals surface area contributed by atoms with Gasteiger partial charge in [0.25, 0.3) is 0 Å². The van der Waals surface area contributed by atoms with Gasteiger partial charge in [0.1, 0.15) is 0 Å². The molecule has 0 fully saturated rings. The fourth-order valence-electron chi connectivity index (χ4n) is 3.24. The van der Waals surface area contributed by atoms with Crippen LogP contribution in [0.5, 0.6) is 0 Å². The third kappa shape index (κ3) is 5.55. The summed E-state index contributed by atoms with van der Waals surface area (Å²) >= 11 is 0. The van der Waals surface area contributed by atoms with Crippen LogP contribution in [0.4, 0.5) is 0 Å². The Kier molecular flexibility index (Phi) is 6.51. The van der Waals surface area contributed by atoms with E-state index in [9.17, 15) is 9.59 Å². The molecule has 25 heavy (non-hydrogen) atoms. The lowest BCUT2D eigenvalue weighted by molar-refractivity contribution is -0.121. The summed E-state index contributed by atoms with van der Waals surface area (Å²) in [5, 5.41) is 7.08. The molecular weight excluding hydrogens is 314 g/mol. The average Bonchev–Trinajstić information content (AvgIpc) is 2.98. The third-order valence-corrected chi connectivity index (χ3v) is 4.19. The van der Waals surface area contributed by atoms with Gasteiger partial charge in [-0.15, -0.1) is 0 Å². The standard InChI is InChI=1S/C20H27N3O2/c1-14-11-15(2)20(16(3)12-14)18(24)7-5-8-19(25)22-17(4)13-23-10-6-9-21-23/h6,9-12,17H,5,7-8,13H2,1-4H3,(H,22,25). The van der Waals surface area contributed by atoms with Crippen LogP contribution in [0.15, 0.2) is 30.6 Å². The normalized spacial score (nSPS) is 12.0. The van der Waals surface area contributed by atoms with Crippen molar-refractivity contribution in [3.8, 4) is 0 Å². The van der Waals surface area contributed by atoms with Crippen LogP contribution in [0.25, 0.3) is 0 Å². The first-order valence-corrected chi connectivity index (χ1v) is 8.74. The van der Waals surface area contributed by atoms with Gasteiger partial charge in [-0.2, -0.15) is 5.10 Å². The van der Waals surface area contributed by atoms with Crippen LogP contribution in [0, 0.1) is 20.8 Å². The first-order valence-electron chi connectivity index (χ1n) is 8.74. The number of hydrogen-bond donors (Lipinski definition) is 1. The Hall–Kier alpha value is -2.43. The Balaban J connectivity index is 1.78. The molecule has 1 amide bonds. The highest BCUT2D eigenvalue weighted by atomic mass is 16.1. The molecule has 1 unspecified atom stereocenters. The molecule has 2 rings (SSSR count). The molecule has 0 saturated carbocycles. The van der Waals surface area contributed by atoms with Crippen molar-refractivity contribution in [2.75, 3.05) is 0 Å². The van der Waals surface area contributed by atoms with Crippen LogP contribution in [0.1, 0.15) is 53.2 Å². The second kappa shape index (κ2) is 8.60. The van der Waals surface area contributed by atoms with Crippen molar-refractivity contribution in [1.29, 1.82) is 0 Å². The molecule has 1 aromatic heterocycles. The van der Waals surface area contributed by atoms with Gasteiger partial charge in [0.15, 0.2) is 5.78 Å². The zero-order chi connectivity index (χ0) is 18.4. The van der Waals surface area contributed by atoms with E-state index in [1.165, 1.54) is 0 Å². The summed E-state index contributed by atoms with van der Waals surface area (Å²) in [5.74, 6) is 0.0946. The highest BCUT2D eigenvalue weighted by molar-refractivity contribution is 5.99. The monoisotopic (exact) mass is 341 g/mol. The van der Waals surface area contributed by atoms with E-state index >= 15 is 0 Å². The first kappa shape index (κ1) is 18.9. The third-order valence-electron chi connectivity index (χ3n) is 4.19. The summed E-state index contributed by atoms with van der Waals surface area (Å²) in [6.07, 6.45) is 4.90. The fourth-order valence-corrected chi connectivity index (χ4v) is 3.24. The molecule has 0 aliphatic carbocycles. The number of aromatic nitrogens is 2. The summed E-state index contributed by atoms with van der Waals surface area (Å²) < 4.78 is 1.79. The van der Waals surface area contributed by atoms with Gasteiger partial charge >= 0.3 is 0 Å². The smallest absolute Gasteiger partial charge is 0.220 e. The molecule has 1 heterocycles. The Bertz CT molecular complexity index is 712. The number of amides is 1. The number of aryl methyl sites for hydroxylation is 3. The second-order valence-electron chi connectivity index (χ2n) is 6.75. The SMILES string of the molecule is Cc1cc(C)c(C(=O)CCCC(=O)NC(C)Cn2cccn2)c(C)c1. The van der Waals surface area contributed by atoms with Crippen molar-refractivity contribution in [2.45, 2.75) is 59.5 Å². The fraction of sp³-hybridized carbons (Fsp3) is 0.450. The molecule has 0 bridgehead atoms. The van der Waals surface area contributed by atoms with Crippen LogP contribution >= 0.6 is 0 Å². The number of Topliss-reactive ketones (excluding diaryl/α,β-unsaturated/α-hetero) is 1. The Morgan fingerprint density at radius 2 is 1.84 bits per heavy atom. The predicted molar refractivity (Wildman–Crippen MR) is 98.7 cm³/mol. The Morgan fingerprint density at radius 1 is 1.16 bits per heavy atom. The number of nitrogens with zero attached hydrogens (tertiary/aromatic N) is 2. The molecule has 5 nitrogen and oxygen atoms in total. The predicted octanol–water partition coefficient (Wildman–Crippen LogP) is 3.37. The van der Waals surface area contributed by atoms with Crippen LogP contribution in [0.2, 0.25) is 0 Å². The van der Waals surface area contributed by atoms with Gasteiger partial charge in [0.05, 0.1) is 6.54 Å². The average molecular weight is 341 g/mol. The van der Waals surface area contributed by atoms with Crippen molar-refractivity contribution in [2.24, 2.45) is 0 Å². The van der Waals surface area contributed by atoms with Crippen molar-refractivity contribution < 1.29 is 9.59 Å². The highest BCUT2D eigenvalue weighted by Crippen LogP contribution is 2.19. The molecule has 0 aliphatic rings. The summed E-state index contributed by atoms with van der Waals surface area (Å²) in [6.45, 7) is 8.56. The number of carbonyl (C=O) groups is 2. The topological polar surface area (TPSA) is 64.0 Å². The maximum Gasteiger partial charge on any atom is 0.220 e. The van der Waals surface area contributed by atoms with Crippen molar-refractivity contribution in [1.82, 2.24) is 15.1 Å². The maximum absolute atomic E-state index is 12.5. The second-order valence-corrected chi connectivity index (χ2v) is 6.75. The van der Waals surface area contributed by atoms with E-state index in [1.54, 1.807) is 10.9 Å². The summed E-state index contributed by atoms with van der Waals surface area (Å²) in [7, 11) is 0. The summed E-state index contributed by atoms with van der Waals surface area (Å²) in [6, 6.07) is 5.92. The van der Waals surface area contributed by atoms with Gasteiger partial charge in [-0.1, -0.05) is 17.7 Å². The molecule has 0 saturated heterocycles. The van der Waals surface area contributed by atoms with Gasteiger partial charge in [-0.3, -0.25) is 14.3 Å². The van der Waals surface area contributed by atoms with Crippen LogP contribution in [-0.4, -0.2) is 27.5 Å². The number of ketones is 1. The molecular formula is C20H27N3O2. The zero-order valence-corrected chi connectivity index (χ0v) is 15.5. The quantitative estimate of drug-likeness (QED) is 0.749. The van der Waals surface area contributed by atoms with E-state index in [2.05, 4.69) is 10.4 Å². The van der Waals surface area contributed by atoms with Gasteiger partial charge in [0.2, 0.25) is 5.91 Å². The number of rotatable bonds is 8. The van der Waals surface area contributed by atoms with Crippen LogP contribution < -0.4 is 5.32 Å². The van der Waals surface area contributed by atoms with E-state index in [4.69, 9.17) is 0 Å². The molecule has 134 valence electrons. The lowest BCUT2D eigenvalue weighted by Gasteiger charge is -2.14. The van der Waals surface area contributed by atoms with Gasteiger partial charge < -0.3 is 5.32 Å². The van der Waals surface area contributed by atoms with Gasteiger partial charge in [0, 0.05) is 36.8 Å². The molecule has 1 aromatic carbocycles. The Morgan fingerprint density at radius 3 is 2.44 bits per heavy atom.